The number of carbonyl (C=O) groups excluding carboxylic acids is 1. The largest absolute Gasteiger partial charge is 0.371 e. The molecule has 0 saturated carbocycles. The van der Waals surface area contributed by atoms with E-state index in [1.807, 2.05) is 23.1 Å². The Morgan fingerprint density at radius 2 is 2.14 bits per heavy atom. The number of carbonyl (C=O) groups is 1. The molecule has 0 unspecified atom stereocenters. The highest BCUT2D eigenvalue weighted by molar-refractivity contribution is 5.93. The van der Waals surface area contributed by atoms with E-state index in [1.165, 1.54) is 6.07 Å². The summed E-state index contributed by atoms with van der Waals surface area (Å²) in [5, 5.41) is 0. The highest BCUT2D eigenvalue weighted by atomic mass is 19.1. The van der Waals surface area contributed by atoms with Crippen LogP contribution in [0.3, 0.4) is 0 Å². The molecule has 0 radical (unpaired) electrons. The molecular formula is C23H27FN2O2. The Hall–Kier alpha value is -2.27. The first-order chi connectivity index (χ1) is 13.5. The summed E-state index contributed by atoms with van der Waals surface area (Å²) in [6.45, 7) is 5.57. The summed E-state index contributed by atoms with van der Waals surface area (Å²) in [7, 11) is 0. The van der Waals surface area contributed by atoms with Gasteiger partial charge >= 0.3 is 0 Å². The van der Waals surface area contributed by atoms with Crippen LogP contribution in [0.1, 0.15) is 55.3 Å². The van der Waals surface area contributed by atoms with Crippen LogP contribution in [0.2, 0.25) is 0 Å². The van der Waals surface area contributed by atoms with Gasteiger partial charge in [-0.25, -0.2) is 4.39 Å². The van der Waals surface area contributed by atoms with Gasteiger partial charge in [0, 0.05) is 12.7 Å². The van der Waals surface area contributed by atoms with Gasteiger partial charge in [0.1, 0.15) is 11.5 Å². The van der Waals surface area contributed by atoms with E-state index in [9.17, 15) is 9.18 Å². The number of nitrogens with zero attached hydrogens (tertiary/aromatic N) is 2. The van der Waals surface area contributed by atoms with Crippen LogP contribution in [0.5, 0.6) is 0 Å². The number of benzene rings is 1. The maximum Gasteiger partial charge on any atom is 0.272 e. The minimum atomic E-state index is -0.298. The summed E-state index contributed by atoms with van der Waals surface area (Å²) >= 11 is 0. The Labute approximate surface area is 165 Å². The van der Waals surface area contributed by atoms with Crippen molar-refractivity contribution in [1.29, 1.82) is 0 Å². The van der Waals surface area contributed by atoms with E-state index in [4.69, 9.17) is 4.74 Å². The average molecular weight is 382 g/mol. The monoisotopic (exact) mass is 382 g/mol. The van der Waals surface area contributed by atoms with Crippen molar-refractivity contribution in [1.82, 2.24) is 9.88 Å². The fourth-order valence-electron chi connectivity index (χ4n) is 4.83. The Balaban J connectivity index is 1.61. The second-order valence-electron chi connectivity index (χ2n) is 8.40. The highest BCUT2D eigenvalue weighted by Crippen LogP contribution is 2.48. The van der Waals surface area contributed by atoms with Gasteiger partial charge in [-0.1, -0.05) is 32.0 Å². The van der Waals surface area contributed by atoms with Crippen molar-refractivity contribution in [3.8, 4) is 0 Å². The number of ether oxygens (including phenoxy) is 1. The van der Waals surface area contributed by atoms with Crippen LogP contribution in [0.25, 0.3) is 0 Å². The van der Waals surface area contributed by atoms with E-state index in [2.05, 4.69) is 18.8 Å². The normalized spacial score (nSPS) is 27.5. The van der Waals surface area contributed by atoms with Crippen LogP contribution >= 0.6 is 0 Å². The fourth-order valence-corrected chi connectivity index (χ4v) is 4.83. The predicted molar refractivity (Wildman–Crippen MR) is 105 cm³/mol. The molecule has 28 heavy (non-hydrogen) atoms. The summed E-state index contributed by atoms with van der Waals surface area (Å²) < 4.78 is 20.2. The first-order valence-electron chi connectivity index (χ1n) is 10.1. The van der Waals surface area contributed by atoms with Crippen molar-refractivity contribution >= 4 is 5.91 Å². The zero-order chi connectivity index (χ0) is 19.7. The lowest BCUT2D eigenvalue weighted by Crippen LogP contribution is -2.55. The zero-order valence-corrected chi connectivity index (χ0v) is 16.5. The van der Waals surface area contributed by atoms with Gasteiger partial charge in [0.2, 0.25) is 0 Å². The molecule has 4 nitrogen and oxygen atoms in total. The lowest BCUT2D eigenvalue weighted by molar-refractivity contribution is -0.113. The topological polar surface area (TPSA) is 42.4 Å². The molecule has 2 aromatic rings. The standard InChI is InChI=1S/C23H27FN2O2/c1-16(2)19-14-23(15-28-21(19)17-7-5-8-18(24)13-17)10-6-12-26(23)22(27)20-9-3-4-11-25-20/h3-5,7-9,11,13,16,19,21H,6,10,12,14-15H2,1-2H3/t19-,21-,23-/m0/s1. The first kappa shape index (κ1) is 19.1. The SMILES string of the molecule is CC(C)[C@@H]1C[C@@]2(CCCN2C(=O)c2ccccn2)CO[C@H]1c1cccc(F)c1. The lowest BCUT2D eigenvalue weighted by Gasteiger charge is -2.48. The van der Waals surface area contributed by atoms with Gasteiger partial charge in [-0.05, 0) is 60.9 Å². The van der Waals surface area contributed by atoms with Crippen LogP contribution in [-0.4, -0.2) is 34.5 Å². The maximum atomic E-state index is 13.8. The number of pyridine rings is 1. The third-order valence-corrected chi connectivity index (χ3v) is 6.30. The van der Waals surface area contributed by atoms with Crippen LogP contribution in [-0.2, 0) is 4.74 Å². The lowest BCUT2D eigenvalue weighted by atomic mass is 9.73. The number of halogens is 1. The molecule has 5 heteroatoms. The minimum Gasteiger partial charge on any atom is -0.371 e. The Morgan fingerprint density at radius 3 is 2.86 bits per heavy atom. The van der Waals surface area contributed by atoms with Crippen LogP contribution in [0, 0.1) is 17.7 Å². The molecule has 2 saturated heterocycles. The molecular weight excluding hydrogens is 355 g/mol. The van der Waals surface area contributed by atoms with Gasteiger partial charge in [0.05, 0.1) is 18.2 Å². The molecule has 2 aliphatic rings. The average Bonchev–Trinajstić information content (AvgIpc) is 3.10. The Kier molecular flexibility index (Phi) is 5.19. The molecule has 1 amide bonds. The van der Waals surface area contributed by atoms with Crippen molar-refractivity contribution in [2.45, 2.75) is 44.8 Å². The second-order valence-corrected chi connectivity index (χ2v) is 8.40. The predicted octanol–water partition coefficient (Wildman–Crippen LogP) is 4.63. The van der Waals surface area contributed by atoms with Crippen LogP contribution in [0.15, 0.2) is 48.7 Å². The van der Waals surface area contributed by atoms with Gasteiger partial charge in [-0.15, -0.1) is 0 Å². The summed E-state index contributed by atoms with van der Waals surface area (Å²) in [4.78, 5) is 19.4. The first-order valence-corrected chi connectivity index (χ1v) is 10.1. The number of hydrogen-bond donors (Lipinski definition) is 0. The summed E-state index contributed by atoms with van der Waals surface area (Å²) in [6, 6.07) is 12.1. The molecule has 148 valence electrons. The molecule has 2 fully saturated rings. The van der Waals surface area contributed by atoms with E-state index in [1.54, 1.807) is 24.4 Å². The number of hydrogen-bond acceptors (Lipinski definition) is 3. The maximum absolute atomic E-state index is 13.8. The second kappa shape index (κ2) is 7.63. The molecule has 3 atom stereocenters. The number of rotatable bonds is 3. The number of amides is 1. The molecule has 3 heterocycles. The summed E-state index contributed by atoms with van der Waals surface area (Å²) in [6.07, 6.45) is 4.28. The fraction of sp³-hybridized carbons (Fsp3) is 0.478. The number of aromatic nitrogens is 1. The Bertz CT molecular complexity index is 842. The minimum absolute atomic E-state index is 0.0200. The van der Waals surface area contributed by atoms with Crippen molar-refractivity contribution in [2.24, 2.45) is 11.8 Å². The number of likely N-dealkylation sites (tertiary alicyclic amines) is 1. The van der Waals surface area contributed by atoms with Crippen molar-refractivity contribution < 1.29 is 13.9 Å². The van der Waals surface area contributed by atoms with E-state index in [-0.39, 0.29) is 29.3 Å². The van der Waals surface area contributed by atoms with Gasteiger partial charge in [-0.2, -0.15) is 0 Å². The van der Waals surface area contributed by atoms with Crippen molar-refractivity contribution in [3.63, 3.8) is 0 Å². The van der Waals surface area contributed by atoms with Crippen LogP contribution in [0.4, 0.5) is 4.39 Å². The molecule has 4 rings (SSSR count). The van der Waals surface area contributed by atoms with Gasteiger partial charge < -0.3 is 9.64 Å². The zero-order valence-electron chi connectivity index (χ0n) is 16.5. The van der Waals surface area contributed by atoms with Gasteiger partial charge in [0.25, 0.3) is 5.91 Å². The van der Waals surface area contributed by atoms with Gasteiger partial charge in [-0.3, -0.25) is 9.78 Å². The summed E-state index contributed by atoms with van der Waals surface area (Å²) in [5.74, 6) is 0.315. The molecule has 2 aliphatic heterocycles. The van der Waals surface area contributed by atoms with E-state index in [0.29, 0.717) is 18.2 Å². The summed E-state index contributed by atoms with van der Waals surface area (Å²) in [5.41, 5.74) is 1.07. The molecule has 0 aliphatic carbocycles. The quantitative estimate of drug-likeness (QED) is 0.777. The smallest absolute Gasteiger partial charge is 0.272 e. The van der Waals surface area contributed by atoms with Crippen LogP contribution < -0.4 is 0 Å². The van der Waals surface area contributed by atoms with Gasteiger partial charge in [0.15, 0.2) is 0 Å². The molecule has 1 aromatic carbocycles. The Morgan fingerprint density at radius 1 is 1.29 bits per heavy atom. The molecule has 1 spiro atoms. The molecule has 1 aromatic heterocycles. The third kappa shape index (κ3) is 3.44. The highest BCUT2D eigenvalue weighted by Gasteiger charge is 2.50. The van der Waals surface area contributed by atoms with Crippen molar-refractivity contribution in [3.05, 3.63) is 65.7 Å². The van der Waals surface area contributed by atoms with Crippen molar-refractivity contribution in [2.75, 3.05) is 13.2 Å². The van der Waals surface area contributed by atoms with E-state index >= 15 is 0 Å². The third-order valence-electron chi connectivity index (χ3n) is 6.30. The van der Waals surface area contributed by atoms with E-state index in [0.717, 1.165) is 31.4 Å². The van der Waals surface area contributed by atoms with E-state index < -0.39 is 0 Å². The molecule has 0 N–H and O–H groups in total. The molecule has 0 bridgehead atoms.